The van der Waals surface area contributed by atoms with Gasteiger partial charge in [-0.2, -0.15) is 4.31 Å². The number of nitrogen functional groups attached to an aromatic ring is 1. The van der Waals surface area contributed by atoms with Crippen LogP contribution in [0.25, 0.3) is 0 Å². The number of carbonyl (C=O) groups excluding carboxylic acids is 1. The van der Waals surface area contributed by atoms with Crippen molar-refractivity contribution in [2.45, 2.75) is 43.0 Å². The lowest BCUT2D eigenvalue weighted by Gasteiger charge is -2.30. The maximum absolute atomic E-state index is 13.0. The third-order valence-electron chi connectivity index (χ3n) is 5.07. The second-order valence-corrected chi connectivity index (χ2v) is 8.88. The van der Waals surface area contributed by atoms with Crippen molar-refractivity contribution in [1.29, 1.82) is 0 Å². The number of amides is 1. The number of nitrogens with two attached hydrogens (primary N) is 1. The molecule has 2 aromatic carbocycles. The second-order valence-electron chi connectivity index (χ2n) is 6.88. The van der Waals surface area contributed by atoms with Gasteiger partial charge in [-0.25, -0.2) is 8.42 Å². The summed E-state index contributed by atoms with van der Waals surface area (Å²) in [7, 11) is -2.02. The van der Waals surface area contributed by atoms with E-state index in [4.69, 9.17) is 5.73 Å². The number of anilines is 2. The number of benzene rings is 2. The van der Waals surface area contributed by atoms with Crippen LogP contribution < -0.4 is 11.1 Å². The number of nitrogens with one attached hydrogen (secondary N) is 1. The molecule has 0 spiro atoms. The van der Waals surface area contributed by atoms with Gasteiger partial charge in [-0.15, -0.1) is 0 Å². The lowest BCUT2D eigenvalue weighted by Crippen LogP contribution is -2.38. The summed E-state index contributed by atoms with van der Waals surface area (Å²) in [6.45, 7) is 0. The van der Waals surface area contributed by atoms with Gasteiger partial charge in [0.1, 0.15) is 0 Å². The van der Waals surface area contributed by atoms with E-state index in [1.165, 1.54) is 16.4 Å². The lowest BCUT2D eigenvalue weighted by atomic mass is 9.96. The van der Waals surface area contributed by atoms with Gasteiger partial charge in [-0.1, -0.05) is 37.5 Å². The van der Waals surface area contributed by atoms with E-state index in [-0.39, 0.29) is 16.5 Å². The summed E-state index contributed by atoms with van der Waals surface area (Å²) in [6, 6.07) is 13.1. The molecule has 3 N–H and O–H groups in total. The molecule has 1 aliphatic carbocycles. The molecular formula is C20H25N3O3S. The maximum atomic E-state index is 13.0. The monoisotopic (exact) mass is 387 g/mol. The van der Waals surface area contributed by atoms with E-state index in [2.05, 4.69) is 5.32 Å². The van der Waals surface area contributed by atoms with Crippen LogP contribution in [0.15, 0.2) is 53.4 Å². The van der Waals surface area contributed by atoms with Gasteiger partial charge in [0.25, 0.3) is 5.91 Å². The average Bonchev–Trinajstić information content (AvgIpc) is 2.70. The normalized spacial score (nSPS) is 15.6. The number of rotatable bonds is 5. The molecule has 144 valence electrons. The summed E-state index contributed by atoms with van der Waals surface area (Å²) in [5.74, 6) is -0.398. The Balaban J connectivity index is 1.82. The van der Waals surface area contributed by atoms with E-state index in [1.807, 2.05) is 0 Å². The SMILES string of the molecule is CN(C1CCCCC1)S(=O)(=O)c1cccc(C(=O)Nc2ccccc2N)c1. The van der Waals surface area contributed by atoms with Crippen molar-refractivity contribution in [3.8, 4) is 0 Å². The predicted octanol–water partition coefficient (Wildman–Crippen LogP) is 3.47. The molecule has 0 heterocycles. The van der Waals surface area contributed by atoms with Crippen LogP contribution in [-0.2, 0) is 10.0 Å². The Labute approximate surface area is 160 Å². The summed E-state index contributed by atoms with van der Waals surface area (Å²) in [5, 5.41) is 2.73. The Bertz CT molecular complexity index is 922. The molecule has 0 bridgehead atoms. The first-order chi connectivity index (χ1) is 12.9. The summed E-state index contributed by atoms with van der Waals surface area (Å²) < 4.78 is 27.4. The van der Waals surface area contributed by atoms with Crippen molar-refractivity contribution < 1.29 is 13.2 Å². The minimum atomic E-state index is -3.65. The minimum Gasteiger partial charge on any atom is -0.397 e. The van der Waals surface area contributed by atoms with Crippen molar-refractivity contribution in [2.75, 3.05) is 18.1 Å². The van der Waals surface area contributed by atoms with Crippen molar-refractivity contribution in [2.24, 2.45) is 0 Å². The Morgan fingerprint density at radius 3 is 2.48 bits per heavy atom. The van der Waals surface area contributed by atoms with E-state index in [0.717, 1.165) is 32.1 Å². The highest BCUT2D eigenvalue weighted by Gasteiger charge is 2.29. The highest BCUT2D eigenvalue weighted by molar-refractivity contribution is 7.89. The van der Waals surface area contributed by atoms with Crippen molar-refractivity contribution >= 4 is 27.3 Å². The standard InChI is InChI=1S/C20H25N3O3S/c1-23(16-9-3-2-4-10-16)27(25,26)17-11-7-8-15(14-17)20(24)22-19-13-6-5-12-18(19)21/h5-8,11-14,16H,2-4,9-10,21H2,1H3,(H,22,24). The fourth-order valence-corrected chi connectivity index (χ4v) is 4.87. The van der Waals surface area contributed by atoms with Crippen LogP contribution in [0.5, 0.6) is 0 Å². The van der Waals surface area contributed by atoms with Gasteiger partial charge in [0.2, 0.25) is 10.0 Å². The first-order valence-corrected chi connectivity index (χ1v) is 10.6. The molecule has 0 unspecified atom stereocenters. The van der Waals surface area contributed by atoms with Crippen LogP contribution in [0.1, 0.15) is 42.5 Å². The number of para-hydroxylation sites is 2. The average molecular weight is 388 g/mol. The Kier molecular flexibility index (Phi) is 5.82. The quantitative estimate of drug-likeness (QED) is 0.768. The zero-order valence-electron chi connectivity index (χ0n) is 15.4. The van der Waals surface area contributed by atoms with Crippen molar-refractivity contribution in [3.05, 3.63) is 54.1 Å². The molecule has 0 aliphatic heterocycles. The number of carbonyl (C=O) groups is 1. The van der Waals surface area contributed by atoms with Gasteiger partial charge in [-0.05, 0) is 43.2 Å². The van der Waals surface area contributed by atoms with E-state index < -0.39 is 15.9 Å². The molecule has 0 atom stereocenters. The largest absolute Gasteiger partial charge is 0.397 e. The van der Waals surface area contributed by atoms with Gasteiger partial charge in [-0.3, -0.25) is 4.79 Å². The fourth-order valence-electron chi connectivity index (χ4n) is 3.41. The topological polar surface area (TPSA) is 92.5 Å². The third kappa shape index (κ3) is 4.31. The van der Waals surface area contributed by atoms with Gasteiger partial charge in [0.15, 0.2) is 0 Å². The minimum absolute atomic E-state index is 0.0188. The molecule has 7 heteroatoms. The van der Waals surface area contributed by atoms with Crippen LogP contribution in [0.4, 0.5) is 11.4 Å². The molecule has 1 aliphatic rings. The van der Waals surface area contributed by atoms with Crippen LogP contribution in [0.3, 0.4) is 0 Å². The fraction of sp³-hybridized carbons (Fsp3) is 0.350. The highest BCUT2D eigenvalue weighted by atomic mass is 32.2. The predicted molar refractivity (Wildman–Crippen MR) is 107 cm³/mol. The van der Waals surface area contributed by atoms with E-state index in [1.54, 1.807) is 43.4 Å². The number of hydrogen-bond acceptors (Lipinski definition) is 4. The molecular weight excluding hydrogens is 362 g/mol. The van der Waals surface area contributed by atoms with Gasteiger partial charge >= 0.3 is 0 Å². The smallest absolute Gasteiger partial charge is 0.255 e. The lowest BCUT2D eigenvalue weighted by molar-refractivity contribution is 0.102. The molecule has 1 saturated carbocycles. The third-order valence-corrected chi connectivity index (χ3v) is 6.98. The van der Waals surface area contributed by atoms with E-state index >= 15 is 0 Å². The first-order valence-electron chi connectivity index (χ1n) is 9.13. The van der Waals surface area contributed by atoms with Crippen molar-refractivity contribution in [1.82, 2.24) is 4.31 Å². The molecule has 3 rings (SSSR count). The number of hydrogen-bond donors (Lipinski definition) is 2. The molecule has 27 heavy (non-hydrogen) atoms. The Hall–Kier alpha value is -2.38. The van der Waals surface area contributed by atoms with Gasteiger partial charge < -0.3 is 11.1 Å². The molecule has 6 nitrogen and oxygen atoms in total. The number of nitrogens with zero attached hydrogens (tertiary/aromatic N) is 1. The summed E-state index contributed by atoms with van der Waals surface area (Å²) in [5.41, 5.74) is 7.07. The zero-order valence-corrected chi connectivity index (χ0v) is 16.2. The number of sulfonamides is 1. The zero-order chi connectivity index (χ0) is 19.4. The van der Waals surface area contributed by atoms with Crippen molar-refractivity contribution in [3.63, 3.8) is 0 Å². The van der Waals surface area contributed by atoms with E-state index in [9.17, 15) is 13.2 Å². The summed E-state index contributed by atoms with van der Waals surface area (Å²) in [4.78, 5) is 12.7. The van der Waals surface area contributed by atoms with Crippen LogP contribution >= 0.6 is 0 Å². The van der Waals surface area contributed by atoms with Crippen LogP contribution in [0.2, 0.25) is 0 Å². The van der Waals surface area contributed by atoms with Crippen LogP contribution in [0, 0.1) is 0 Å². The molecule has 0 saturated heterocycles. The van der Waals surface area contributed by atoms with Gasteiger partial charge in [0, 0.05) is 18.7 Å². The molecule has 1 fully saturated rings. The van der Waals surface area contributed by atoms with Gasteiger partial charge in [0.05, 0.1) is 16.3 Å². The maximum Gasteiger partial charge on any atom is 0.255 e. The Morgan fingerprint density at radius 2 is 1.78 bits per heavy atom. The molecule has 0 radical (unpaired) electrons. The molecule has 1 amide bonds. The molecule has 2 aromatic rings. The summed E-state index contributed by atoms with van der Waals surface area (Å²) >= 11 is 0. The Morgan fingerprint density at radius 1 is 1.07 bits per heavy atom. The first kappa shape index (κ1) is 19.4. The highest BCUT2D eigenvalue weighted by Crippen LogP contribution is 2.27. The molecule has 0 aromatic heterocycles. The summed E-state index contributed by atoms with van der Waals surface area (Å²) in [6.07, 6.45) is 5.01. The second kappa shape index (κ2) is 8.10. The van der Waals surface area contributed by atoms with E-state index in [0.29, 0.717) is 11.4 Å². The van der Waals surface area contributed by atoms with Crippen LogP contribution in [-0.4, -0.2) is 31.7 Å².